The fraction of sp³-hybridized carbons (Fsp3) is 0.481. The molecule has 2 amide bonds. The highest BCUT2D eigenvalue weighted by Crippen LogP contribution is 2.53. The highest BCUT2D eigenvalue weighted by Gasteiger charge is 2.54. The number of carbonyl (C=O) groups is 2. The van der Waals surface area contributed by atoms with Crippen LogP contribution in [0.2, 0.25) is 10.0 Å². The first-order valence-corrected chi connectivity index (χ1v) is 13.2. The number of nitrogens with one attached hydrogen (secondary N) is 1. The van der Waals surface area contributed by atoms with E-state index in [9.17, 15) is 14.0 Å². The van der Waals surface area contributed by atoms with Crippen LogP contribution in [-0.4, -0.2) is 55.0 Å². The Balaban J connectivity index is 1.11. The maximum absolute atomic E-state index is 13.6. The number of hydrogen-bond acceptors (Lipinski definition) is 4. The van der Waals surface area contributed by atoms with Crippen molar-refractivity contribution in [3.8, 4) is 5.75 Å². The molecule has 4 aliphatic rings. The molecule has 6 rings (SSSR count). The second kappa shape index (κ2) is 10.1. The molecule has 1 saturated heterocycles. The van der Waals surface area contributed by atoms with Crippen LogP contribution in [0.4, 0.5) is 10.1 Å². The largest absolute Gasteiger partial charge is 0.484 e. The summed E-state index contributed by atoms with van der Waals surface area (Å²) in [5, 5.41) is 3.89. The van der Waals surface area contributed by atoms with Crippen LogP contribution in [0, 0.1) is 11.2 Å². The Morgan fingerprint density at radius 3 is 2.17 bits per heavy atom. The van der Waals surface area contributed by atoms with Crippen molar-refractivity contribution in [2.24, 2.45) is 5.41 Å². The van der Waals surface area contributed by atoms with Crippen LogP contribution in [0.1, 0.15) is 38.5 Å². The zero-order valence-corrected chi connectivity index (χ0v) is 21.6. The SMILES string of the molecule is O=C(COc1ccc(Cl)c(F)c1)NC12CCC(C(=O)N3CCN(c4ccc(Cl)cc4)CC3)(CC1)CC2. The Kier molecular flexibility index (Phi) is 7.05. The smallest absolute Gasteiger partial charge is 0.258 e. The Morgan fingerprint density at radius 1 is 0.917 bits per heavy atom. The molecule has 0 unspecified atom stereocenters. The van der Waals surface area contributed by atoms with E-state index in [1.807, 2.05) is 29.2 Å². The molecule has 0 atom stereocenters. The van der Waals surface area contributed by atoms with Gasteiger partial charge >= 0.3 is 0 Å². The van der Waals surface area contributed by atoms with Crippen molar-refractivity contribution in [3.63, 3.8) is 0 Å². The monoisotopic (exact) mass is 533 g/mol. The predicted molar refractivity (Wildman–Crippen MR) is 138 cm³/mol. The van der Waals surface area contributed by atoms with E-state index in [1.165, 1.54) is 18.2 Å². The van der Waals surface area contributed by atoms with E-state index in [-0.39, 0.29) is 40.1 Å². The van der Waals surface area contributed by atoms with Crippen molar-refractivity contribution in [1.29, 1.82) is 0 Å². The van der Waals surface area contributed by atoms with Gasteiger partial charge in [-0.05, 0) is 74.9 Å². The molecular formula is C27H30Cl2FN3O3. The number of anilines is 1. The van der Waals surface area contributed by atoms with Gasteiger partial charge in [0.2, 0.25) is 5.91 Å². The summed E-state index contributed by atoms with van der Waals surface area (Å²) in [6, 6.07) is 11.9. The molecule has 3 saturated carbocycles. The fourth-order valence-electron chi connectivity index (χ4n) is 5.90. The van der Waals surface area contributed by atoms with E-state index < -0.39 is 5.82 Å². The molecule has 192 valence electrons. The van der Waals surface area contributed by atoms with Crippen LogP contribution in [-0.2, 0) is 9.59 Å². The number of piperazine rings is 1. The van der Waals surface area contributed by atoms with Gasteiger partial charge < -0.3 is 19.9 Å². The molecule has 0 aromatic heterocycles. The van der Waals surface area contributed by atoms with Crippen LogP contribution >= 0.6 is 23.2 Å². The van der Waals surface area contributed by atoms with Crippen LogP contribution in [0.15, 0.2) is 42.5 Å². The Labute approximate surface area is 220 Å². The summed E-state index contributed by atoms with van der Waals surface area (Å²) >= 11 is 11.7. The summed E-state index contributed by atoms with van der Waals surface area (Å²) < 4.78 is 19.0. The topological polar surface area (TPSA) is 61.9 Å². The summed E-state index contributed by atoms with van der Waals surface area (Å²) in [7, 11) is 0. The summed E-state index contributed by atoms with van der Waals surface area (Å²) in [4.78, 5) is 30.5. The number of fused-ring (bicyclic) bond motifs is 3. The highest BCUT2D eigenvalue weighted by atomic mass is 35.5. The van der Waals surface area contributed by atoms with E-state index >= 15 is 0 Å². The van der Waals surface area contributed by atoms with Crippen molar-refractivity contribution in [2.75, 3.05) is 37.7 Å². The molecule has 0 spiro atoms. The molecule has 2 aromatic rings. The van der Waals surface area contributed by atoms with Gasteiger partial charge in [-0.3, -0.25) is 9.59 Å². The zero-order valence-electron chi connectivity index (χ0n) is 20.1. The zero-order chi connectivity index (χ0) is 25.3. The average molecular weight is 534 g/mol. The van der Waals surface area contributed by atoms with Crippen LogP contribution < -0.4 is 15.0 Å². The van der Waals surface area contributed by atoms with E-state index in [0.717, 1.165) is 62.3 Å². The Hall–Kier alpha value is -2.51. The van der Waals surface area contributed by atoms with Gasteiger partial charge in [0.1, 0.15) is 11.6 Å². The van der Waals surface area contributed by atoms with E-state index in [2.05, 4.69) is 10.2 Å². The predicted octanol–water partition coefficient (Wildman–Crippen LogP) is 5.07. The number of halogens is 3. The molecule has 0 radical (unpaired) electrons. The minimum atomic E-state index is -0.583. The van der Waals surface area contributed by atoms with E-state index in [1.54, 1.807) is 0 Å². The first-order chi connectivity index (χ1) is 17.3. The summed E-state index contributed by atoms with van der Waals surface area (Å²) in [6.07, 6.45) is 4.70. The molecule has 2 aromatic carbocycles. The molecule has 36 heavy (non-hydrogen) atoms. The van der Waals surface area contributed by atoms with Crippen molar-refractivity contribution >= 4 is 40.7 Å². The lowest BCUT2D eigenvalue weighted by Crippen LogP contribution is -2.62. The minimum Gasteiger partial charge on any atom is -0.484 e. The molecule has 9 heteroatoms. The van der Waals surface area contributed by atoms with Gasteiger partial charge in [0, 0.05) is 53.9 Å². The van der Waals surface area contributed by atoms with Gasteiger partial charge in [-0.2, -0.15) is 0 Å². The van der Waals surface area contributed by atoms with Gasteiger partial charge in [-0.1, -0.05) is 23.2 Å². The number of benzene rings is 2. The summed E-state index contributed by atoms with van der Waals surface area (Å²) in [5.41, 5.74) is 0.526. The average Bonchev–Trinajstić information content (AvgIpc) is 2.90. The van der Waals surface area contributed by atoms with Crippen molar-refractivity contribution in [3.05, 3.63) is 58.3 Å². The van der Waals surface area contributed by atoms with Crippen molar-refractivity contribution in [1.82, 2.24) is 10.2 Å². The lowest BCUT2D eigenvalue weighted by molar-refractivity contribution is -0.150. The number of carbonyl (C=O) groups excluding carboxylic acids is 2. The first kappa shape index (κ1) is 25.2. The summed E-state index contributed by atoms with van der Waals surface area (Å²) in [5.74, 6) is -0.284. The molecule has 1 heterocycles. The molecule has 4 fully saturated rings. The minimum absolute atomic E-state index is 0.0107. The van der Waals surface area contributed by atoms with E-state index in [4.69, 9.17) is 27.9 Å². The maximum atomic E-state index is 13.6. The summed E-state index contributed by atoms with van der Waals surface area (Å²) in [6.45, 7) is 2.86. The molecule has 2 bridgehead atoms. The first-order valence-electron chi connectivity index (χ1n) is 12.5. The van der Waals surface area contributed by atoms with Crippen LogP contribution in [0.5, 0.6) is 5.75 Å². The van der Waals surface area contributed by atoms with Gasteiger partial charge in [0.05, 0.1) is 5.02 Å². The lowest BCUT2D eigenvalue weighted by atomic mass is 9.56. The number of ether oxygens (including phenoxy) is 1. The molecule has 3 aliphatic carbocycles. The van der Waals surface area contributed by atoms with Gasteiger partial charge in [-0.15, -0.1) is 0 Å². The standard InChI is InChI=1S/C27H30Cl2FN3O3/c28-19-1-3-20(4-2-19)32-13-15-33(16-14-32)25(35)26-7-10-27(11-8-26,12-9-26)31-24(34)18-36-21-5-6-22(29)23(30)17-21/h1-6,17H,7-16,18H2,(H,31,34). The molecule has 6 nitrogen and oxygen atoms in total. The quantitative estimate of drug-likeness (QED) is 0.563. The van der Waals surface area contributed by atoms with Gasteiger partial charge in [0.15, 0.2) is 6.61 Å². The molecule has 1 aliphatic heterocycles. The van der Waals surface area contributed by atoms with Crippen molar-refractivity contribution in [2.45, 2.75) is 44.1 Å². The Bertz CT molecular complexity index is 1110. The number of rotatable bonds is 6. The van der Waals surface area contributed by atoms with E-state index in [0.29, 0.717) is 13.1 Å². The van der Waals surface area contributed by atoms with Crippen LogP contribution in [0.25, 0.3) is 0 Å². The number of hydrogen-bond donors (Lipinski definition) is 1. The van der Waals surface area contributed by atoms with Gasteiger partial charge in [-0.25, -0.2) is 4.39 Å². The highest BCUT2D eigenvalue weighted by molar-refractivity contribution is 6.31. The van der Waals surface area contributed by atoms with Crippen LogP contribution in [0.3, 0.4) is 0 Å². The third kappa shape index (κ3) is 5.14. The van der Waals surface area contributed by atoms with Gasteiger partial charge in [0.25, 0.3) is 5.91 Å². The fourth-order valence-corrected chi connectivity index (χ4v) is 6.14. The second-order valence-electron chi connectivity index (χ2n) is 10.2. The number of nitrogens with zero attached hydrogens (tertiary/aromatic N) is 2. The second-order valence-corrected chi connectivity index (χ2v) is 11.1. The normalized spacial score (nSPS) is 25.5. The Morgan fingerprint density at radius 2 is 1.56 bits per heavy atom. The molecule has 1 N–H and O–H groups in total. The maximum Gasteiger partial charge on any atom is 0.258 e. The van der Waals surface area contributed by atoms with Crippen molar-refractivity contribution < 1.29 is 18.7 Å². The third-order valence-corrected chi connectivity index (χ3v) is 8.68. The molecular weight excluding hydrogens is 504 g/mol. The third-order valence-electron chi connectivity index (χ3n) is 8.12. The number of amides is 2. The lowest BCUT2D eigenvalue weighted by Gasteiger charge is -2.54.